The van der Waals surface area contributed by atoms with E-state index in [1.54, 1.807) is 12.1 Å². The van der Waals surface area contributed by atoms with Gasteiger partial charge in [-0.3, -0.25) is 19.1 Å². The largest absolute Gasteiger partial charge is 0.471 e. The van der Waals surface area contributed by atoms with Crippen LogP contribution in [0.4, 0.5) is 4.79 Å². The topological polar surface area (TPSA) is 197 Å². The van der Waals surface area contributed by atoms with Crippen molar-refractivity contribution >= 4 is 44.9 Å². The minimum absolute atomic E-state index is 0.00515. The van der Waals surface area contributed by atoms with E-state index in [2.05, 4.69) is 38.5 Å². The van der Waals surface area contributed by atoms with Crippen LogP contribution in [0.1, 0.15) is 70.4 Å². The van der Waals surface area contributed by atoms with Gasteiger partial charge >= 0.3 is 6.09 Å². The van der Waals surface area contributed by atoms with Crippen molar-refractivity contribution in [2.45, 2.75) is 100 Å². The second-order valence-corrected chi connectivity index (χ2v) is 14.9. The lowest BCUT2D eigenvalue weighted by atomic mass is 10.0. The van der Waals surface area contributed by atoms with Gasteiger partial charge in [0.15, 0.2) is 0 Å². The number of allylic oxidation sites excluding steroid dienone is 1. The van der Waals surface area contributed by atoms with Crippen molar-refractivity contribution in [1.29, 1.82) is 0 Å². The number of nitrogens with zero attached hydrogens (tertiary/aromatic N) is 3. The van der Waals surface area contributed by atoms with Gasteiger partial charge < -0.3 is 25.4 Å². The Balaban J connectivity index is 1.40. The average Bonchev–Trinajstić information content (AvgIpc) is 4.00. The van der Waals surface area contributed by atoms with Gasteiger partial charge in [0.2, 0.25) is 27.7 Å². The number of hydrogen-bond acceptors (Lipinski definition) is 9. The molecule has 264 valence electrons. The molecule has 0 radical (unpaired) electrons. The number of hydrogen-bond donors (Lipinski definition) is 4. The zero-order chi connectivity index (χ0) is 35.3. The molecule has 5 rings (SSSR count). The molecule has 3 aliphatic rings. The van der Waals surface area contributed by atoms with Crippen molar-refractivity contribution in [3.63, 3.8) is 0 Å². The summed E-state index contributed by atoms with van der Waals surface area (Å²) in [6.45, 7) is 9.29. The van der Waals surface area contributed by atoms with E-state index in [0.29, 0.717) is 42.4 Å². The maximum Gasteiger partial charge on any atom is 0.405 e. The fraction of sp³-hybridized carbons (Fsp3) is 0.529. The number of amides is 4. The van der Waals surface area contributed by atoms with E-state index in [9.17, 15) is 32.7 Å². The predicted octanol–water partition coefficient (Wildman–Crippen LogP) is 2.98. The van der Waals surface area contributed by atoms with Gasteiger partial charge in [-0.05, 0) is 57.1 Å². The van der Waals surface area contributed by atoms with E-state index in [0.717, 1.165) is 19.3 Å². The lowest BCUT2D eigenvalue weighted by Gasteiger charge is -2.29. The van der Waals surface area contributed by atoms with Gasteiger partial charge in [-0.25, -0.2) is 23.2 Å². The minimum Gasteiger partial charge on any atom is -0.471 e. The molecule has 4 amide bonds. The third-order valence-electron chi connectivity index (χ3n) is 9.31. The van der Waals surface area contributed by atoms with Crippen LogP contribution < -0.4 is 20.1 Å². The fourth-order valence-corrected chi connectivity index (χ4v) is 7.68. The van der Waals surface area contributed by atoms with Crippen LogP contribution in [0.3, 0.4) is 0 Å². The summed E-state index contributed by atoms with van der Waals surface area (Å²) in [5.41, 5.74) is 0.331. The molecule has 0 bridgehead atoms. The van der Waals surface area contributed by atoms with Gasteiger partial charge in [-0.2, -0.15) is 0 Å². The highest BCUT2D eigenvalue weighted by atomic mass is 32.2. The molecular formula is C34H44N6O8S. The Bertz CT molecular complexity index is 1730. The van der Waals surface area contributed by atoms with E-state index in [4.69, 9.17) is 4.74 Å². The molecule has 1 saturated heterocycles. The number of benzene rings is 1. The molecule has 2 heterocycles. The summed E-state index contributed by atoms with van der Waals surface area (Å²) in [7, 11) is -3.90. The third-order valence-corrected chi connectivity index (χ3v) is 11.1. The van der Waals surface area contributed by atoms with Gasteiger partial charge in [-0.15, -0.1) is 13.2 Å². The molecule has 1 unspecified atom stereocenters. The Morgan fingerprint density at radius 2 is 1.84 bits per heavy atom. The number of carbonyl (C=O) groups excluding carboxylic acids is 3. The van der Waals surface area contributed by atoms with Crippen molar-refractivity contribution in [3.8, 4) is 5.88 Å². The van der Waals surface area contributed by atoms with E-state index in [1.165, 1.54) is 11.0 Å². The SMILES string of the molecule is C=CCCCCCC(NC(=O)O)C(=O)N1C[C@H](Oc2nc3ccccc3nc2CC)C[C@H]1C(=O)N[C@]1(C(=O)NS(=O)(=O)C2CC2)C[C@H]1C=C. The molecule has 1 aromatic heterocycles. The molecule has 2 aromatic rings. The lowest BCUT2D eigenvalue weighted by molar-refractivity contribution is -0.141. The number of aromatic nitrogens is 2. The molecule has 0 spiro atoms. The van der Waals surface area contributed by atoms with E-state index in [-0.39, 0.29) is 31.7 Å². The quantitative estimate of drug-likeness (QED) is 0.141. The third kappa shape index (κ3) is 8.20. The van der Waals surface area contributed by atoms with Crippen LogP contribution in [-0.2, 0) is 30.8 Å². The highest BCUT2D eigenvalue weighted by molar-refractivity contribution is 7.91. The lowest BCUT2D eigenvalue weighted by Crippen LogP contribution is -2.58. The standard InChI is InChI=1S/C34H44N6O8S/c1-4-7-8-9-10-15-27(37-33(44)45)31(42)40-20-22(48-30-24(6-3)35-25-13-11-12-14-26(25)36-30)18-28(40)29(41)38-34(19-21(34)5-2)32(43)39-49(46,47)23-16-17-23/h4-5,11-14,21-23,27-28,37H,1-2,6-10,15-20H2,3H3,(H,38,41)(H,39,43)(H,44,45)/t21-,22-,27?,28+,34-/m1/s1. The molecule has 2 aliphatic carbocycles. The van der Waals surface area contributed by atoms with Gasteiger partial charge in [0, 0.05) is 12.3 Å². The van der Waals surface area contributed by atoms with Crippen LogP contribution in [0.5, 0.6) is 5.88 Å². The second-order valence-electron chi connectivity index (χ2n) is 12.9. The van der Waals surface area contributed by atoms with E-state index in [1.807, 2.05) is 25.1 Å². The van der Waals surface area contributed by atoms with Crippen LogP contribution in [0.25, 0.3) is 11.0 Å². The summed E-state index contributed by atoms with van der Waals surface area (Å²) in [5.74, 6) is -2.42. The Hall–Kier alpha value is -4.53. The number of fused-ring (bicyclic) bond motifs is 1. The number of likely N-dealkylation sites (tertiary alicyclic amines) is 1. The summed E-state index contributed by atoms with van der Waals surface area (Å²) >= 11 is 0. The number of carboxylic acid groups (broad SMARTS) is 1. The van der Waals surface area contributed by atoms with Crippen molar-refractivity contribution in [2.75, 3.05) is 6.54 Å². The molecule has 4 N–H and O–H groups in total. The Morgan fingerprint density at radius 1 is 1.12 bits per heavy atom. The summed E-state index contributed by atoms with van der Waals surface area (Å²) in [5, 5.41) is 14.0. The van der Waals surface area contributed by atoms with Crippen LogP contribution in [0.2, 0.25) is 0 Å². The molecule has 15 heteroatoms. The highest BCUT2D eigenvalue weighted by Gasteiger charge is 2.62. The maximum atomic E-state index is 14.1. The summed E-state index contributed by atoms with van der Waals surface area (Å²) in [6.07, 6.45) is 5.86. The molecule has 2 saturated carbocycles. The molecular weight excluding hydrogens is 652 g/mol. The highest BCUT2D eigenvalue weighted by Crippen LogP contribution is 2.45. The van der Waals surface area contributed by atoms with Crippen LogP contribution >= 0.6 is 0 Å². The first kappa shape index (κ1) is 35.8. The summed E-state index contributed by atoms with van der Waals surface area (Å²) in [4.78, 5) is 63.8. The van der Waals surface area contributed by atoms with E-state index < -0.39 is 68.7 Å². The Kier molecular flexibility index (Phi) is 10.9. The second kappa shape index (κ2) is 14.9. The minimum atomic E-state index is -3.90. The van der Waals surface area contributed by atoms with Gasteiger partial charge in [0.25, 0.3) is 5.91 Å². The van der Waals surface area contributed by atoms with Crippen molar-refractivity contribution < 1.29 is 37.4 Å². The molecule has 3 fully saturated rings. The van der Waals surface area contributed by atoms with Crippen LogP contribution in [0, 0.1) is 5.92 Å². The first-order valence-electron chi connectivity index (χ1n) is 16.8. The monoisotopic (exact) mass is 696 g/mol. The first-order chi connectivity index (χ1) is 23.4. The van der Waals surface area contributed by atoms with Crippen molar-refractivity contribution in [1.82, 2.24) is 30.2 Å². The first-order valence-corrected chi connectivity index (χ1v) is 18.3. The van der Waals surface area contributed by atoms with Gasteiger partial charge in [0.05, 0.1) is 22.8 Å². The molecule has 1 aliphatic heterocycles. The van der Waals surface area contributed by atoms with Crippen LogP contribution in [0.15, 0.2) is 49.6 Å². The number of para-hydroxylation sites is 2. The van der Waals surface area contributed by atoms with Crippen molar-refractivity contribution in [3.05, 3.63) is 55.3 Å². The smallest absolute Gasteiger partial charge is 0.405 e. The Morgan fingerprint density at radius 3 is 2.45 bits per heavy atom. The molecule has 1 aromatic carbocycles. The summed E-state index contributed by atoms with van der Waals surface area (Å²) < 4.78 is 33.7. The molecule has 5 atom stereocenters. The number of sulfonamides is 1. The Labute approximate surface area is 285 Å². The van der Waals surface area contributed by atoms with Gasteiger partial charge in [-0.1, -0.05) is 44.1 Å². The van der Waals surface area contributed by atoms with Crippen molar-refractivity contribution in [2.24, 2.45) is 5.92 Å². The zero-order valence-corrected chi connectivity index (χ0v) is 28.4. The normalized spacial score (nSPS) is 23.7. The number of aryl methyl sites for hydroxylation is 1. The average molecular weight is 697 g/mol. The van der Waals surface area contributed by atoms with Crippen LogP contribution in [-0.4, -0.2) is 87.7 Å². The number of rotatable bonds is 17. The molecule has 14 nitrogen and oxygen atoms in total. The fourth-order valence-electron chi connectivity index (χ4n) is 6.32. The predicted molar refractivity (Wildman–Crippen MR) is 181 cm³/mol. The molecule has 49 heavy (non-hydrogen) atoms. The number of nitrogens with one attached hydrogen (secondary N) is 3. The number of unbranched alkanes of at least 4 members (excludes halogenated alkanes) is 3. The summed E-state index contributed by atoms with van der Waals surface area (Å²) in [6, 6.07) is 5.02. The maximum absolute atomic E-state index is 14.1. The van der Waals surface area contributed by atoms with Gasteiger partial charge in [0.1, 0.15) is 29.4 Å². The van der Waals surface area contributed by atoms with E-state index >= 15 is 0 Å². The number of carbonyl (C=O) groups is 4. The number of ether oxygens (including phenoxy) is 1. The zero-order valence-electron chi connectivity index (χ0n) is 27.6.